The topological polar surface area (TPSA) is 84.3 Å². The van der Waals surface area contributed by atoms with Crippen molar-refractivity contribution in [2.24, 2.45) is 5.92 Å². The molecule has 7 nitrogen and oxygen atoms in total. The average molecular weight is 479 g/mol. The molecule has 0 bridgehead atoms. The molecule has 0 radical (unpaired) electrons. The fourth-order valence-corrected chi connectivity index (χ4v) is 5.84. The third-order valence-electron chi connectivity index (χ3n) is 5.84. The molecule has 3 aromatic heterocycles. The number of hydrogen-bond acceptors (Lipinski definition) is 6. The Kier molecular flexibility index (Phi) is 6.06. The Hall–Kier alpha value is -3.30. The Balaban J connectivity index is 1.31. The van der Waals surface area contributed by atoms with Crippen LogP contribution < -0.4 is 10.9 Å². The van der Waals surface area contributed by atoms with Crippen molar-refractivity contribution < 1.29 is 9.59 Å². The molecule has 1 aromatic carbocycles. The number of aromatic nitrogens is 2. The first-order chi connectivity index (χ1) is 16.1. The number of anilines is 1. The number of rotatable bonds is 5. The minimum absolute atomic E-state index is 0.0854. The maximum absolute atomic E-state index is 13.2. The van der Waals surface area contributed by atoms with Gasteiger partial charge in [0.2, 0.25) is 11.8 Å². The number of thiophene rings is 2. The van der Waals surface area contributed by atoms with Crippen LogP contribution in [-0.4, -0.2) is 39.4 Å². The smallest absolute Gasteiger partial charge is 0.263 e. The summed E-state index contributed by atoms with van der Waals surface area (Å²) in [6, 6.07) is 13.2. The van der Waals surface area contributed by atoms with Gasteiger partial charge in [0.1, 0.15) is 11.4 Å². The van der Waals surface area contributed by atoms with Crippen molar-refractivity contribution in [2.45, 2.75) is 19.4 Å². The number of fused-ring (bicyclic) bond motifs is 1. The van der Waals surface area contributed by atoms with Gasteiger partial charge in [0.05, 0.1) is 17.6 Å². The van der Waals surface area contributed by atoms with Crippen LogP contribution in [0.1, 0.15) is 12.8 Å². The maximum atomic E-state index is 13.2. The van der Waals surface area contributed by atoms with Crippen LogP contribution in [0.25, 0.3) is 20.7 Å². The van der Waals surface area contributed by atoms with Gasteiger partial charge < -0.3 is 10.2 Å². The van der Waals surface area contributed by atoms with Gasteiger partial charge in [-0.05, 0) is 36.4 Å². The van der Waals surface area contributed by atoms with E-state index in [0.29, 0.717) is 23.3 Å². The van der Waals surface area contributed by atoms with Crippen molar-refractivity contribution in [3.05, 3.63) is 69.9 Å². The van der Waals surface area contributed by atoms with Crippen molar-refractivity contribution in [2.75, 3.05) is 18.4 Å². The monoisotopic (exact) mass is 478 g/mol. The zero-order chi connectivity index (χ0) is 22.8. The molecule has 4 aromatic rings. The molecule has 1 aliphatic heterocycles. The average Bonchev–Trinajstić information content (AvgIpc) is 3.52. The number of benzene rings is 1. The lowest BCUT2D eigenvalue weighted by Crippen LogP contribution is -2.45. The molecule has 0 aliphatic carbocycles. The first-order valence-corrected chi connectivity index (χ1v) is 12.5. The van der Waals surface area contributed by atoms with Crippen LogP contribution in [0.15, 0.2) is 64.3 Å². The highest BCUT2D eigenvalue weighted by Gasteiger charge is 2.29. The van der Waals surface area contributed by atoms with Gasteiger partial charge >= 0.3 is 0 Å². The number of para-hydroxylation sites is 1. The highest BCUT2D eigenvalue weighted by atomic mass is 32.1. The van der Waals surface area contributed by atoms with Gasteiger partial charge in [-0.25, -0.2) is 4.98 Å². The van der Waals surface area contributed by atoms with Gasteiger partial charge in [0.25, 0.3) is 5.56 Å². The Morgan fingerprint density at radius 3 is 2.76 bits per heavy atom. The summed E-state index contributed by atoms with van der Waals surface area (Å²) in [5, 5.41) is 7.39. The number of amides is 2. The molecule has 33 heavy (non-hydrogen) atoms. The molecule has 168 valence electrons. The van der Waals surface area contributed by atoms with E-state index in [1.165, 1.54) is 22.2 Å². The lowest BCUT2D eigenvalue weighted by Gasteiger charge is -2.32. The van der Waals surface area contributed by atoms with Crippen molar-refractivity contribution >= 4 is 50.4 Å². The first kappa shape index (κ1) is 21.5. The number of nitrogens with one attached hydrogen (secondary N) is 1. The molecule has 1 N–H and O–H groups in total. The molecule has 9 heteroatoms. The summed E-state index contributed by atoms with van der Waals surface area (Å²) in [5.41, 5.74) is 1.39. The lowest BCUT2D eigenvalue weighted by atomic mass is 9.97. The first-order valence-electron chi connectivity index (χ1n) is 10.7. The summed E-state index contributed by atoms with van der Waals surface area (Å²) < 4.78 is 1.38. The lowest BCUT2D eigenvalue weighted by molar-refractivity contribution is -0.135. The molecule has 1 unspecified atom stereocenters. The Morgan fingerprint density at radius 1 is 1.12 bits per heavy atom. The highest BCUT2D eigenvalue weighted by Crippen LogP contribution is 2.33. The fraction of sp³-hybridized carbons (Fsp3) is 0.250. The number of hydrogen-bond donors (Lipinski definition) is 1. The second-order valence-electron chi connectivity index (χ2n) is 8.02. The quantitative estimate of drug-likeness (QED) is 0.469. The Labute approximate surface area is 198 Å². The van der Waals surface area contributed by atoms with E-state index < -0.39 is 0 Å². The predicted octanol–water partition coefficient (Wildman–Crippen LogP) is 4.06. The molecule has 5 rings (SSSR count). The maximum Gasteiger partial charge on any atom is 0.263 e. The number of carbonyl (C=O) groups excluding carboxylic acids is 2. The van der Waals surface area contributed by atoms with Gasteiger partial charge in [-0.2, -0.15) is 0 Å². The van der Waals surface area contributed by atoms with Gasteiger partial charge in [-0.1, -0.05) is 24.3 Å². The molecule has 1 aliphatic rings. The standard InChI is InChI=1S/C24H22N4O3S2/c29-20(27-10-4-6-16(12-27)22(30)26-17-7-2-1-3-8-17)13-28-15-25-23-21(24(28)31)18(14-33-23)19-9-5-11-32-19/h1-3,5,7-9,11,14-16H,4,6,10,12-13H2,(H,26,30). The van der Waals surface area contributed by atoms with Gasteiger partial charge in [0.15, 0.2) is 0 Å². The molecule has 1 fully saturated rings. The molecule has 0 saturated carbocycles. The van der Waals surface area contributed by atoms with E-state index in [1.54, 1.807) is 16.2 Å². The fourth-order valence-electron chi connectivity index (χ4n) is 4.12. The molecular weight excluding hydrogens is 456 g/mol. The molecule has 2 amide bonds. The summed E-state index contributed by atoms with van der Waals surface area (Å²) in [4.78, 5) is 46.7. The van der Waals surface area contributed by atoms with Gasteiger partial charge in [0, 0.05) is 34.6 Å². The normalized spacial score (nSPS) is 16.1. The molecular formula is C24H22N4O3S2. The summed E-state index contributed by atoms with van der Waals surface area (Å²) in [6.07, 6.45) is 2.92. The molecule has 4 heterocycles. The number of likely N-dealkylation sites (tertiary alicyclic amines) is 1. The van der Waals surface area contributed by atoms with E-state index in [4.69, 9.17) is 0 Å². The van der Waals surface area contributed by atoms with Crippen LogP contribution in [0.3, 0.4) is 0 Å². The van der Waals surface area contributed by atoms with Crippen molar-refractivity contribution in [1.29, 1.82) is 0 Å². The third kappa shape index (κ3) is 4.46. The number of nitrogens with zero attached hydrogens (tertiary/aromatic N) is 3. The number of piperidine rings is 1. The number of carbonyl (C=O) groups is 2. The second-order valence-corrected chi connectivity index (χ2v) is 9.82. The third-order valence-corrected chi connectivity index (χ3v) is 7.63. The van der Waals surface area contributed by atoms with E-state index in [-0.39, 0.29) is 29.8 Å². The summed E-state index contributed by atoms with van der Waals surface area (Å²) in [6.45, 7) is 0.840. The van der Waals surface area contributed by atoms with E-state index in [0.717, 1.165) is 29.0 Å². The van der Waals surface area contributed by atoms with Crippen LogP contribution in [0.2, 0.25) is 0 Å². The van der Waals surface area contributed by atoms with E-state index in [1.807, 2.05) is 53.2 Å². The van der Waals surface area contributed by atoms with Gasteiger partial charge in [-0.3, -0.25) is 19.0 Å². The Bertz CT molecular complexity index is 1350. The molecule has 1 saturated heterocycles. The SMILES string of the molecule is O=C(Nc1ccccc1)C1CCCN(C(=O)Cn2cnc3scc(-c4cccs4)c3c2=O)C1. The van der Waals surface area contributed by atoms with Crippen molar-refractivity contribution in [1.82, 2.24) is 14.5 Å². The van der Waals surface area contributed by atoms with E-state index >= 15 is 0 Å². The van der Waals surface area contributed by atoms with Crippen LogP contribution in [0, 0.1) is 5.92 Å². The van der Waals surface area contributed by atoms with Crippen molar-refractivity contribution in [3.63, 3.8) is 0 Å². The predicted molar refractivity (Wildman–Crippen MR) is 132 cm³/mol. The van der Waals surface area contributed by atoms with Crippen LogP contribution >= 0.6 is 22.7 Å². The summed E-state index contributed by atoms with van der Waals surface area (Å²) >= 11 is 3.00. The summed E-state index contributed by atoms with van der Waals surface area (Å²) in [5.74, 6) is -0.538. The van der Waals surface area contributed by atoms with Crippen LogP contribution in [0.4, 0.5) is 5.69 Å². The van der Waals surface area contributed by atoms with Crippen LogP contribution in [-0.2, 0) is 16.1 Å². The largest absolute Gasteiger partial charge is 0.340 e. The molecule has 1 atom stereocenters. The van der Waals surface area contributed by atoms with Gasteiger partial charge in [-0.15, -0.1) is 22.7 Å². The minimum atomic E-state index is -0.275. The highest BCUT2D eigenvalue weighted by molar-refractivity contribution is 7.18. The zero-order valence-electron chi connectivity index (χ0n) is 17.8. The summed E-state index contributed by atoms with van der Waals surface area (Å²) in [7, 11) is 0. The zero-order valence-corrected chi connectivity index (χ0v) is 19.4. The second kappa shape index (κ2) is 9.29. The van der Waals surface area contributed by atoms with Crippen LogP contribution in [0.5, 0.6) is 0 Å². The van der Waals surface area contributed by atoms with E-state index in [2.05, 4.69) is 10.3 Å². The Morgan fingerprint density at radius 2 is 1.97 bits per heavy atom. The minimum Gasteiger partial charge on any atom is -0.340 e. The molecule has 0 spiro atoms. The van der Waals surface area contributed by atoms with Crippen molar-refractivity contribution in [3.8, 4) is 10.4 Å². The van der Waals surface area contributed by atoms with E-state index in [9.17, 15) is 14.4 Å².